The van der Waals surface area contributed by atoms with Crippen molar-refractivity contribution < 1.29 is 22.3 Å². The van der Waals surface area contributed by atoms with E-state index >= 15 is 0 Å². The molecule has 0 aliphatic heterocycles. The molecule has 2 N–H and O–H groups in total. The number of hydrogen-bond acceptors (Lipinski definition) is 3. The Morgan fingerprint density at radius 3 is 2.29 bits per heavy atom. The van der Waals surface area contributed by atoms with E-state index < -0.39 is 21.7 Å². The predicted octanol–water partition coefficient (Wildman–Crippen LogP) is 2.57. The molecule has 0 saturated carbocycles. The third-order valence-electron chi connectivity index (χ3n) is 2.92. The van der Waals surface area contributed by atoms with Gasteiger partial charge in [0.15, 0.2) is 0 Å². The topological polar surface area (TPSA) is 66.4 Å². The first-order valence-corrected chi connectivity index (χ1v) is 7.49. The fraction of sp³-hybridized carbons (Fsp3) is 0.143. The highest BCUT2D eigenvalue weighted by atomic mass is 32.2. The van der Waals surface area contributed by atoms with E-state index in [9.17, 15) is 17.2 Å². The normalized spacial score (nSPS) is 11.4. The summed E-state index contributed by atoms with van der Waals surface area (Å²) in [4.78, 5) is -0.0955. The van der Waals surface area contributed by atoms with Gasteiger partial charge in [-0.05, 0) is 42.3 Å². The summed E-state index contributed by atoms with van der Waals surface area (Å²) in [6, 6.07) is 6.61. The number of aliphatic hydroxyl groups excluding tert-OH is 1. The lowest BCUT2D eigenvalue weighted by Crippen LogP contribution is -2.14. The number of nitrogens with one attached hydrogen (secondary N) is 1. The van der Waals surface area contributed by atoms with Crippen LogP contribution in [0, 0.1) is 18.6 Å². The van der Waals surface area contributed by atoms with Gasteiger partial charge in [0, 0.05) is 6.07 Å². The highest BCUT2D eigenvalue weighted by Crippen LogP contribution is 2.20. The van der Waals surface area contributed by atoms with Crippen LogP contribution in [0.1, 0.15) is 11.1 Å². The number of aliphatic hydroxyl groups is 1. The van der Waals surface area contributed by atoms with Crippen molar-refractivity contribution in [2.24, 2.45) is 0 Å². The Bertz CT molecular complexity index is 756. The van der Waals surface area contributed by atoms with E-state index in [0.29, 0.717) is 11.6 Å². The fourth-order valence-electron chi connectivity index (χ4n) is 1.81. The highest BCUT2D eigenvalue weighted by Gasteiger charge is 2.16. The first kappa shape index (κ1) is 15.4. The monoisotopic (exact) mass is 313 g/mol. The Morgan fingerprint density at radius 2 is 1.71 bits per heavy atom. The molecule has 112 valence electrons. The number of anilines is 1. The first-order valence-electron chi connectivity index (χ1n) is 6.01. The summed E-state index contributed by atoms with van der Waals surface area (Å²) in [6.07, 6.45) is 0. The summed E-state index contributed by atoms with van der Waals surface area (Å²) >= 11 is 0. The van der Waals surface area contributed by atoms with E-state index in [1.165, 1.54) is 12.1 Å². The Balaban J connectivity index is 2.38. The van der Waals surface area contributed by atoms with E-state index in [4.69, 9.17) is 5.11 Å². The molecule has 4 nitrogen and oxygen atoms in total. The molecule has 0 aliphatic rings. The maximum Gasteiger partial charge on any atom is 0.261 e. The quantitative estimate of drug-likeness (QED) is 0.911. The van der Waals surface area contributed by atoms with E-state index in [1.807, 2.05) is 0 Å². The minimum atomic E-state index is -3.99. The van der Waals surface area contributed by atoms with Gasteiger partial charge in [0.2, 0.25) is 0 Å². The Kier molecular flexibility index (Phi) is 4.24. The van der Waals surface area contributed by atoms with Crippen molar-refractivity contribution in [2.75, 3.05) is 4.72 Å². The summed E-state index contributed by atoms with van der Waals surface area (Å²) in [5.74, 6) is -1.76. The molecule has 2 aromatic carbocycles. The van der Waals surface area contributed by atoms with Gasteiger partial charge in [-0.25, -0.2) is 17.2 Å². The van der Waals surface area contributed by atoms with Gasteiger partial charge in [0.25, 0.3) is 10.0 Å². The molecular formula is C14H13F2NO3S. The Morgan fingerprint density at radius 1 is 1.10 bits per heavy atom. The average Bonchev–Trinajstić information content (AvgIpc) is 2.37. The zero-order valence-corrected chi connectivity index (χ0v) is 11.9. The summed E-state index contributed by atoms with van der Waals surface area (Å²) in [5, 5.41) is 9.16. The fourth-order valence-corrected chi connectivity index (χ4v) is 2.90. The van der Waals surface area contributed by atoms with E-state index in [2.05, 4.69) is 4.72 Å². The van der Waals surface area contributed by atoms with Gasteiger partial charge in [-0.15, -0.1) is 0 Å². The van der Waals surface area contributed by atoms with E-state index in [0.717, 1.165) is 17.7 Å². The van der Waals surface area contributed by atoms with Crippen LogP contribution in [0.3, 0.4) is 0 Å². The van der Waals surface area contributed by atoms with Gasteiger partial charge in [0.05, 0.1) is 17.2 Å². The average molecular weight is 313 g/mol. The van der Waals surface area contributed by atoms with Crippen LogP contribution in [0.2, 0.25) is 0 Å². The lowest BCUT2D eigenvalue weighted by molar-refractivity contribution is 0.281. The second-order valence-corrected chi connectivity index (χ2v) is 6.19. The van der Waals surface area contributed by atoms with E-state index in [-0.39, 0.29) is 17.2 Å². The van der Waals surface area contributed by atoms with Crippen molar-refractivity contribution in [3.8, 4) is 0 Å². The second-order valence-electron chi connectivity index (χ2n) is 4.51. The molecule has 21 heavy (non-hydrogen) atoms. The number of rotatable bonds is 4. The molecule has 0 radical (unpaired) electrons. The molecule has 7 heteroatoms. The van der Waals surface area contributed by atoms with Gasteiger partial charge < -0.3 is 5.11 Å². The maximum absolute atomic E-state index is 13.1. The van der Waals surface area contributed by atoms with Crippen LogP contribution < -0.4 is 4.72 Å². The predicted molar refractivity (Wildman–Crippen MR) is 74.3 cm³/mol. The van der Waals surface area contributed by atoms with Crippen molar-refractivity contribution in [3.05, 3.63) is 59.2 Å². The van der Waals surface area contributed by atoms with Gasteiger partial charge in [0.1, 0.15) is 11.6 Å². The molecule has 0 saturated heterocycles. The third-order valence-corrected chi connectivity index (χ3v) is 4.29. The van der Waals surface area contributed by atoms with Crippen molar-refractivity contribution in [1.29, 1.82) is 0 Å². The molecule has 0 amide bonds. The van der Waals surface area contributed by atoms with Gasteiger partial charge in [-0.3, -0.25) is 4.72 Å². The van der Waals surface area contributed by atoms with Crippen LogP contribution >= 0.6 is 0 Å². The lowest BCUT2D eigenvalue weighted by atomic mass is 10.1. The number of hydrogen-bond donors (Lipinski definition) is 2. The molecule has 2 aromatic rings. The van der Waals surface area contributed by atoms with Crippen LogP contribution in [0.4, 0.5) is 14.5 Å². The van der Waals surface area contributed by atoms with Crippen LogP contribution in [0.25, 0.3) is 0 Å². The van der Waals surface area contributed by atoms with Crippen LogP contribution in [-0.2, 0) is 16.6 Å². The van der Waals surface area contributed by atoms with Crippen molar-refractivity contribution in [3.63, 3.8) is 0 Å². The Hall–Kier alpha value is -1.99. The smallest absolute Gasteiger partial charge is 0.261 e. The van der Waals surface area contributed by atoms with E-state index in [1.54, 1.807) is 13.0 Å². The maximum atomic E-state index is 13.1. The zero-order valence-electron chi connectivity index (χ0n) is 11.1. The van der Waals surface area contributed by atoms with Crippen molar-refractivity contribution in [2.45, 2.75) is 18.4 Å². The summed E-state index contributed by atoms with van der Waals surface area (Å²) < 4.78 is 52.6. The molecule has 0 spiro atoms. The largest absolute Gasteiger partial charge is 0.392 e. The highest BCUT2D eigenvalue weighted by molar-refractivity contribution is 7.92. The Labute approximate surface area is 121 Å². The molecule has 0 aromatic heterocycles. The summed E-state index contributed by atoms with van der Waals surface area (Å²) in [5.41, 5.74) is 0.996. The molecule has 2 rings (SSSR count). The SMILES string of the molecule is Cc1ccc(S(=O)(=O)Nc2cc(F)cc(F)c2)cc1CO. The molecule has 0 unspecified atom stereocenters. The standard InChI is InChI=1S/C14H13F2NO3S/c1-9-2-3-14(4-10(9)8-18)21(19,20)17-13-6-11(15)5-12(16)7-13/h2-7,17-18H,8H2,1H3. The first-order chi connectivity index (χ1) is 9.81. The molecule has 0 aliphatic carbocycles. The second kappa shape index (κ2) is 5.79. The van der Waals surface area contributed by atoms with Crippen molar-refractivity contribution in [1.82, 2.24) is 0 Å². The number of sulfonamides is 1. The van der Waals surface area contributed by atoms with Crippen LogP contribution in [0.15, 0.2) is 41.3 Å². The number of benzene rings is 2. The van der Waals surface area contributed by atoms with Gasteiger partial charge in [-0.1, -0.05) is 6.07 Å². The third kappa shape index (κ3) is 3.56. The molecule has 0 bridgehead atoms. The van der Waals surface area contributed by atoms with Gasteiger partial charge >= 0.3 is 0 Å². The molecule has 0 heterocycles. The summed E-state index contributed by atoms with van der Waals surface area (Å²) in [6.45, 7) is 1.43. The van der Waals surface area contributed by atoms with Crippen LogP contribution in [0.5, 0.6) is 0 Å². The van der Waals surface area contributed by atoms with Gasteiger partial charge in [-0.2, -0.15) is 0 Å². The molecule has 0 fully saturated rings. The lowest BCUT2D eigenvalue weighted by Gasteiger charge is -2.10. The minimum absolute atomic E-state index is 0.0955. The van der Waals surface area contributed by atoms with Crippen LogP contribution in [-0.4, -0.2) is 13.5 Å². The number of halogens is 2. The summed E-state index contributed by atoms with van der Waals surface area (Å²) in [7, 11) is -3.99. The minimum Gasteiger partial charge on any atom is -0.392 e. The molecule has 0 atom stereocenters. The molecular weight excluding hydrogens is 300 g/mol. The zero-order chi connectivity index (χ0) is 15.6. The van der Waals surface area contributed by atoms with Crippen molar-refractivity contribution >= 4 is 15.7 Å². The number of aryl methyl sites for hydroxylation is 1.